The Hall–Kier alpha value is -2.14. The van der Waals surface area contributed by atoms with Crippen molar-refractivity contribution in [2.45, 2.75) is 11.1 Å². The number of anilines is 1. The van der Waals surface area contributed by atoms with E-state index < -0.39 is 49.7 Å². The molecular formula is C14H8BrF4NO4S. The van der Waals surface area contributed by atoms with Crippen molar-refractivity contribution >= 4 is 37.6 Å². The average molecular weight is 442 g/mol. The number of carboxylic acid groups (broad SMARTS) is 1. The Labute approximate surface area is 147 Å². The van der Waals surface area contributed by atoms with Gasteiger partial charge < -0.3 is 5.11 Å². The lowest BCUT2D eigenvalue weighted by molar-refractivity contribution is -0.138. The van der Waals surface area contributed by atoms with Gasteiger partial charge in [-0.15, -0.1) is 0 Å². The summed E-state index contributed by atoms with van der Waals surface area (Å²) in [7, 11) is -4.42. The van der Waals surface area contributed by atoms with Crippen LogP contribution in [0.15, 0.2) is 45.8 Å². The van der Waals surface area contributed by atoms with Crippen molar-refractivity contribution in [2.75, 3.05) is 4.72 Å². The Morgan fingerprint density at radius 2 is 1.76 bits per heavy atom. The van der Waals surface area contributed by atoms with Crippen molar-refractivity contribution in [1.82, 2.24) is 0 Å². The SMILES string of the molecule is O=C(O)c1cc(S(=O)(=O)Nc2ccc(Br)c(C(F)(F)F)c2)ccc1F. The molecule has 0 saturated carbocycles. The second-order valence-corrected chi connectivity index (χ2v) is 7.28. The number of hydrogen-bond acceptors (Lipinski definition) is 3. The number of carbonyl (C=O) groups is 1. The minimum Gasteiger partial charge on any atom is -0.478 e. The predicted molar refractivity (Wildman–Crippen MR) is 83.3 cm³/mol. The maximum Gasteiger partial charge on any atom is 0.417 e. The third-order valence-corrected chi connectivity index (χ3v) is 5.07. The van der Waals surface area contributed by atoms with Crippen LogP contribution in [-0.4, -0.2) is 19.5 Å². The number of carboxylic acids is 1. The third kappa shape index (κ3) is 4.28. The molecule has 2 N–H and O–H groups in total. The van der Waals surface area contributed by atoms with Crippen LogP contribution in [0.25, 0.3) is 0 Å². The van der Waals surface area contributed by atoms with E-state index in [1.54, 1.807) is 0 Å². The van der Waals surface area contributed by atoms with E-state index in [1.165, 1.54) is 0 Å². The summed E-state index contributed by atoms with van der Waals surface area (Å²) in [4.78, 5) is 10.3. The smallest absolute Gasteiger partial charge is 0.417 e. The molecule has 0 heterocycles. The van der Waals surface area contributed by atoms with E-state index in [2.05, 4.69) is 15.9 Å². The van der Waals surface area contributed by atoms with Gasteiger partial charge in [0.15, 0.2) is 0 Å². The molecule has 0 atom stereocenters. The highest BCUT2D eigenvalue weighted by Crippen LogP contribution is 2.36. The van der Waals surface area contributed by atoms with Crippen LogP contribution in [0, 0.1) is 5.82 Å². The van der Waals surface area contributed by atoms with Gasteiger partial charge in [-0.1, -0.05) is 15.9 Å². The molecule has 0 fully saturated rings. The van der Waals surface area contributed by atoms with E-state index in [-0.39, 0.29) is 4.47 Å². The fourth-order valence-corrected chi connectivity index (χ4v) is 3.40. The fourth-order valence-electron chi connectivity index (χ4n) is 1.86. The largest absolute Gasteiger partial charge is 0.478 e. The molecule has 134 valence electrons. The van der Waals surface area contributed by atoms with Gasteiger partial charge in [0.2, 0.25) is 0 Å². The zero-order chi connectivity index (χ0) is 19.0. The van der Waals surface area contributed by atoms with Crippen molar-refractivity contribution in [3.05, 3.63) is 57.8 Å². The molecule has 0 spiro atoms. The number of aromatic carboxylic acids is 1. The van der Waals surface area contributed by atoms with Crippen molar-refractivity contribution in [3.8, 4) is 0 Å². The zero-order valence-electron chi connectivity index (χ0n) is 11.9. The van der Waals surface area contributed by atoms with Gasteiger partial charge in [-0.2, -0.15) is 13.2 Å². The number of nitrogens with one attached hydrogen (secondary N) is 1. The molecule has 0 radical (unpaired) electrons. The van der Waals surface area contributed by atoms with Crippen LogP contribution in [0.4, 0.5) is 23.2 Å². The van der Waals surface area contributed by atoms with Crippen LogP contribution < -0.4 is 4.72 Å². The highest BCUT2D eigenvalue weighted by Gasteiger charge is 2.33. The number of alkyl halides is 3. The molecule has 0 saturated heterocycles. The molecule has 0 amide bonds. The lowest BCUT2D eigenvalue weighted by Crippen LogP contribution is -2.15. The number of rotatable bonds is 4. The molecule has 0 bridgehead atoms. The van der Waals surface area contributed by atoms with Crippen molar-refractivity contribution < 1.29 is 35.9 Å². The van der Waals surface area contributed by atoms with Crippen LogP contribution in [-0.2, 0) is 16.2 Å². The molecule has 0 aliphatic heterocycles. The summed E-state index contributed by atoms with van der Waals surface area (Å²) in [6.45, 7) is 0. The second kappa shape index (κ2) is 6.64. The summed E-state index contributed by atoms with van der Waals surface area (Å²) in [6.07, 6.45) is -4.72. The highest BCUT2D eigenvalue weighted by molar-refractivity contribution is 9.10. The molecule has 11 heteroatoms. The van der Waals surface area contributed by atoms with E-state index in [4.69, 9.17) is 5.11 Å². The first-order valence-electron chi connectivity index (χ1n) is 6.34. The van der Waals surface area contributed by atoms with E-state index in [0.717, 1.165) is 18.2 Å². The minimum atomic E-state index is -4.72. The van der Waals surface area contributed by atoms with Gasteiger partial charge in [0.05, 0.1) is 16.0 Å². The van der Waals surface area contributed by atoms with Crippen LogP contribution in [0.1, 0.15) is 15.9 Å². The Bertz CT molecular complexity index is 944. The molecule has 0 unspecified atom stereocenters. The number of halogens is 5. The van der Waals surface area contributed by atoms with Crippen LogP contribution in [0.5, 0.6) is 0 Å². The molecule has 2 rings (SSSR count). The summed E-state index contributed by atoms with van der Waals surface area (Å²) in [5.74, 6) is -2.83. The summed E-state index contributed by atoms with van der Waals surface area (Å²) in [6, 6.07) is 4.67. The highest BCUT2D eigenvalue weighted by atomic mass is 79.9. The molecule has 0 aromatic heterocycles. The monoisotopic (exact) mass is 441 g/mol. The first kappa shape index (κ1) is 19.2. The first-order chi connectivity index (χ1) is 11.4. The van der Waals surface area contributed by atoms with Gasteiger partial charge in [-0.05, 0) is 36.4 Å². The molecule has 5 nitrogen and oxygen atoms in total. The lowest BCUT2D eigenvalue weighted by Gasteiger charge is -2.13. The van der Waals surface area contributed by atoms with E-state index in [1.807, 2.05) is 4.72 Å². The van der Waals surface area contributed by atoms with Crippen molar-refractivity contribution in [3.63, 3.8) is 0 Å². The van der Waals surface area contributed by atoms with Crippen molar-refractivity contribution in [1.29, 1.82) is 0 Å². The third-order valence-electron chi connectivity index (χ3n) is 3.00. The quantitative estimate of drug-likeness (QED) is 0.699. The standard InChI is InChI=1S/C14H8BrF4NO4S/c15-11-3-1-7(5-10(11)14(17,18)19)20-25(23,24)8-2-4-12(16)9(6-8)13(21)22/h1-6,20H,(H,21,22). The van der Waals surface area contributed by atoms with Gasteiger partial charge in [0.1, 0.15) is 5.82 Å². The zero-order valence-corrected chi connectivity index (χ0v) is 14.3. The maximum atomic E-state index is 13.3. The molecule has 25 heavy (non-hydrogen) atoms. The van der Waals surface area contributed by atoms with E-state index >= 15 is 0 Å². The van der Waals surface area contributed by atoms with Gasteiger partial charge in [0.25, 0.3) is 10.0 Å². The first-order valence-corrected chi connectivity index (χ1v) is 8.62. The Balaban J connectivity index is 2.43. The van der Waals surface area contributed by atoms with E-state index in [0.29, 0.717) is 18.2 Å². The number of hydrogen-bond donors (Lipinski definition) is 2. The Kier molecular flexibility index (Phi) is 5.09. The predicted octanol–water partition coefficient (Wildman–Crippen LogP) is 4.11. The molecule has 2 aromatic carbocycles. The van der Waals surface area contributed by atoms with E-state index in [9.17, 15) is 30.8 Å². The summed E-state index contributed by atoms with van der Waals surface area (Å²) in [5, 5.41) is 8.82. The summed E-state index contributed by atoms with van der Waals surface area (Å²) < 4.78 is 78.0. The average Bonchev–Trinajstić information content (AvgIpc) is 2.47. The minimum absolute atomic E-state index is 0.280. The number of benzene rings is 2. The van der Waals surface area contributed by atoms with Crippen LogP contribution >= 0.6 is 15.9 Å². The normalized spacial score (nSPS) is 12.0. The van der Waals surface area contributed by atoms with Gasteiger partial charge in [-0.3, -0.25) is 4.72 Å². The summed E-state index contributed by atoms with van der Waals surface area (Å²) >= 11 is 2.72. The van der Waals surface area contributed by atoms with Crippen LogP contribution in [0.2, 0.25) is 0 Å². The molecule has 0 aliphatic rings. The number of sulfonamides is 1. The Morgan fingerprint density at radius 3 is 2.32 bits per heavy atom. The maximum absolute atomic E-state index is 13.3. The van der Waals surface area contributed by atoms with Crippen molar-refractivity contribution in [2.24, 2.45) is 0 Å². The fraction of sp³-hybridized carbons (Fsp3) is 0.0714. The molecule has 0 aliphatic carbocycles. The Morgan fingerprint density at radius 1 is 1.12 bits per heavy atom. The summed E-state index contributed by atoms with van der Waals surface area (Å²) in [5.41, 5.74) is -2.37. The second-order valence-electron chi connectivity index (χ2n) is 4.74. The van der Waals surface area contributed by atoms with Crippen LogP contribution in [0.3, 0.4) is 0 Å². The lowest BCUT2D eigenvalue weighted by atomic mass is 10.2. The van der Waals surface area contributed by atoms with Gasteiger partial charge in [-0.25, -0.2) is 17.6 Å². The topological polar surface area (TPSA) is 83.5 Å². The van der Waals surface area contributed by atoms with Gasteiger partial charge in [0, 0.05) is 10.2 Å². The van der Waals surface area contributed by atoms with Gasteiger partial charge >= 0.3 is 12.1 Å². The molecular weight excluding hydrogens is 434 g/mol. The molecule has 2 aromatic rings.